The van der Waals surface area contributed by atoms with Crippen molar-refractivity contribution in [3.63, 3.8) is 0 Å². The average molecular weight is 410 g/mol. The largest absolute Gasteiger partial charge is 0.307 e. The molecule has 6 nitrogen and oxygen atoms in total. The third-order valence-corrected chi connectivity index (χ3v) is 5.28. The lowest BCUT2D eigenvalue weighted by Crippen LogP contribution is -2.32. The molecule has 0 spiro atoms. The number of fused-ring (bicyclic) bond motifs is 1. The van der Waals surface area contributed by atoms with Gasteiger partial charge in [0, 0.05) is 12.1 Å². The first-order valence-corrected chi connectivity index (χ1v) is 11.1. The van der Waals surface area contributed by atoms with Gasteiger partial charge in [0.15, 0.2) is 5.65 Å². The van der Waals surface area contributed by atoms with Gasteiger partial charge in [-0.3, -0.25) is 0 Å². The van der Waals surface area contributed by atoms with Gasteiger partial charge in [0.2, 0.25) is 0 Å². The van der Waals surface area contributed by atoms with E-state index in [2.05, 4.69) is 51.2 Å². The molecular weight excluding hydrogens is 374 g/mol. The number of piperidine rings is 1. The predicted molar refractivity (Wildman–Crippen MR) is 124 cm³/mol. The summed E-state index contributed by atoms with van der Waals surface area (Å²) in [5.41, 5.74) is 4.42. The van der Waals surface area contributed by atoms with Crippen molar-refractivity contribution in [3.8, 4) is 11.3 Å². The standard InChI is InChI=1S/C21H27N5.C2H6.CH2O/c1-2-6-17-7-9-18(10-8-17)20-19-15-24-26(21(19)23-16-22-20)14-13-25-11-4-3-5-12-25;2*1-2/h7-10,15-16H,2-6,11-14H2,1H3;1-2H3;1H2. The number of aryl methyl sites for hydroxylation is 1. The first-order valence-electron chi connectivity index (χ1n) is 11.1. The molecule has 1 saturated heterocycles. The van der Waals surface area contributed by atoms with Crippen LogP contribution in [0.5, 0.6) is 0 Å². The zero-order chi connectivity index (χ0) is 21.8. The minimum Gasteiger partial charge on any atom is -0.307 e. The highest BCUT2D eigenvalue weighted by atomic mass is 16.1. The summed E-state index contributed by atoms with van der Waals surface area (Å²) >= 11 is 0. The molecule has 0 amide bonds. The highest BCUT2D eigenvalue weighted by molar-refractivity contribution is 5.89. The third kappa shape index (κ3) is 5.95. The molecule has 0 radical (unpaired) electrons. The second-order valence-corrected chi connectivity index (χ2v) is 7.18. The van der Waals surface area contributed by atoms with E-state index in [4.69, 9.17) is 4.79 Å². The summed E-state index contributed by atoms with van der Waals surface area (Å²) in [5.74, 6) is 0. The fraction of sp³-hybridized carbons (Fsp3) is 0.500. The lowest BCUT2D eigenvalue weighted by molar-refractivity contribution is -0.0979. The zero-order valence-electron chi connectivity index (χ0n) is 18.7. The second kappa shape index (κ2) is 12.9. The number of benzene rings is 1. The number of aromatic nitrogens is 4. The smallest absolute Gasteiger partial charge is 0.161 e. The van der Waals surface area contributed by atoms with Crippen molar-refractivity contribution in [2.45, 2.75) is 59.4 Å². The van der Waals surface area contributed by atoms with Gasteiger partial charge in [-0.25, -0.2) is 14.6 Å². The molecule has 0 atom stereocenters. The van der Waals surface area contributed by atoms with Gasteiger partial charge in [0.25, 0.3) is 0 Å². The van der Waals surface area contributed by atoms with Crippen LogP contribution in [0.25, 0.3) is 22.3 Å². The Kier molecular flexibility index (Phi) is 10.1. The fourth-order valence-corrected chi connectivity index (χ4v) is 3.82. The van der Waals surface area contributed by atoms with Crippen LogP contribution in [0.1, 0.15) is 52.0 Å². The monoisotopic (exact) mass is 409 g/mol. The van der Waals surface area contributed by atoms with E-state index in [1.165, 1.54) is 44.3 Å². The Bertz CT molecular complexity index is 869. The van der Waals surface area contributed by atoms with E-state index in [0.29, 0.717) is 0 Å². The Morgan fingerprint density at radius 1 is 0.967 bits per heavy atom. The summed E-state index contributed by atoms with van der Waals surface area (Å²) in [5, 5.41) is 5.64. The molecule has 162 valence electrons. The zero-order valence-corrected chi connectivity index (χ0v) is 18.7. The SMILES string of the molecule is C=O.CC.CCCc1ccc(-c2ncnc3c2cnn3CCN2CCCCC2)cc1. The van der Waals surface area contributed by atoms with Crippen LogP contribution in [0.2, 0.25) is 0 Å². The molecule has 1 aliphatic rings. The van der Waals surface area contributed by atoms with Crippen molar-refractivity contribution in [2.24, 2.45) is 0 Å². The molecule has 1 aliphatic heterocycles. The summed E-state index contributed by atoms with van der Waals surface area (Å²) in [4.78, 5) is 19.6. The second-order valence-electron chi connectivity index (χ2n) is 7.18. The fourth-order valence-electron chi connectivity index (χ4n) is 3.82. The molecule has 3 aromatic rings. The van der Waals surface area contributed by atoms with E-state index in [9.17, 15) is 0 Å². The summed E-state index contributed by atoms with van der Waals surface area (Å²) in [6.07, 6.45) is 9.88. The minimum absolute atomic E-state index is 0.884. The molecule has 0 aliphatic carbocycles. The summed E-state index contributed by atoms with van der Waals surface area (Å²) in [6.45, 7) is 12.6. The Labute approximate surface area is 180 Å². The van der Waals surface area contributed by atoms with Crippen molar-refractivity contribution in [1.82, 2.24) is 24.6 Å². The average Bonchev–Trinajstić information content (AvgIpc) is 3.25. The highest BCUT2D eigenvalue weighted by Crippen LogP contribution is 2.25. The molecule has 0 bridgehead atoms. The number of rotatable bonds is 6. The maximum atomic E-state index is 8.00. The van der Waals surface area contributed by atoms with Gasteiger partial charge in [-0.2, -0.15) is 5.10 Å². The van der Waals surface area contributed by atoms with Gasteiger partial charge in [0.1, 0.15) is 13.1 Å². The van der Waals surface area contributed by atoms with Crippen LogP contribution in [0.15, 0.2) is 36.8 Å². The van der Waals surface area contributed by atoms with E-state index >= 15 is 0 Å². The molecule has 1 fully saturated rings. The topological polar surface area (TPSA) is 63.9 Å². The Morgan fingerprint density at radius 3 is 2.33 bits per heavy atom. The lowest BCUT2D eigenvalue weighted by Gasteiger charge is -2.26. The molecule has 0 N–H and O–H groups in total. The van der Waals surface area contributed by atoms with Crippen molar-refractivity contribution in [2.75, 3.05) is 19.6 Å². The number of hydrogen-bond acceptors (Lipinski definition) is 5. The lowest BCUT2D eigenvalue weighted by atomic mass is 10.0. The minimum atomic E-state index is 0.884. The molecule has 2 aromatic heterocycles. The van der Waals surface area contributed by atoms with Gasteiger partial charge < -0.3 is 9.69 Å². The molecule has 0 saturated carbocycles. The van der Waals surface area contributed by atoms with E-state index in [0.717, 1.165) is 41.8 Å². The van der Waals surface area contributed by atoms with E-state index in [-0.39, 0.29) is 0 Å². The van der Waals surface area contributed by atoms with Crippen molar-refractivity contribution < 1.29 is 4.79 Å². The Balaban J connectivity index is 0.000000757. The first-order chi connectivity index (χ1) is 14.8. The molecule has 4 rings (SSSR count). The number of nitrogens with zero attached hydrogens (tertiary/aromatic N) is 5. The van der Waals surface area contributed by atoms with Crippen molar-refractivity contribution in [1.29, 1.82) is 0 Å². The van der Waals surface area contributed by atoms with Gasteiger partial charge in [-0.1, -0.05) is 57.9 Å². The van der Waals surface area contributed by atoms with Crippen LogP contribution in [0.3, 0.4) is 0 Å². The predicted octanol–water partition coefficient (Wildman–Crippen LogP) is 4.77. The van der Waals surface area contributed by atoms with Crippen LogP contribution < -0.4 is 0 Å². The summed E-state index contributed by atoms with van der Waals surface area (Å²) in [6, 6.07) is 8.73. The van der Waals surface area contributed by atoms with Crippen molar-refractivity contribution in [3.05, 3.63) is 42.4 Å². The van der Waals surface area contributed by atoms with Gasteiger partial charge in [-0.05, 0) is 37.9 Å². The highest BCUT2D eigenvalue weighted by Gasteiger charge is 2.14. The molecular formula is C24H35N5O. The molecule has 3 heterocycles. The summed E-state index contributed by atoms with van der Waals surface area (Å²) in [7, 11) is 0. The van der Waals surface area contributed by atoms with Crippen LogP contribution in [-0.4, -0.2) is 51.1 Å². The van der Waals surface area contributed by atoms with Crippen LogP contribution in [-0.2, 0) is 17.8 Å². The van der Waals surface area contributed by atoms with E-state index in [1.807, 2.05) is 31.5 Å². The number of likely N-dealkylation sites (tertiary alicyclic amines) is 1. The Morgan fingerprint density at radius 2 is 1.67 bits per heavy atom. The molecule has 30 heavy (non-hydrogen) atoms. The van der Waals surface area contributed by atoms with Crippen LogP contribution in [0.4, 0.5) is 0 Å². The maximum Gasteiger partial charge on any atom is 0.161 e. The van der Waals surface area contributed by atoms with Gasteiger partial charge in [-0.15, -0.1) is 0 Å². The normalized spacial score (nSPS) is 13.8. The van der Waals surface area contributed by atoms with Crippen LogP contribution >= 0.6 is 0 Å². The van der Waals surface area contributed by atoms with Crippen LogP contribution in [0, 0.1) is 0 Å². The number of hydrogen-bond donors (Lipinski definition) is 0. The van der Waals surface area contributed by atoms with Gasteiger partial charge in [0.05, 0.1) is 23.8 Å². The summed E-state index contributed by atoms with van der Waals surface area (Å²) < 4.78 is 2.03. The molecule has 6 heteroatoms. The molecule has 0 unspecified atom stereocenters. The number of carbonyl (C=O) groups is 1. The van der Waals surface area contributed by atoms with E-state index < -0.39 is 0 Å². The quantitative estimate of drug-likeness (QED) is 0.587. The Hall–Kier alpha value is -2.60. The van der Waals surface area contributed by atoms with Crippen molar-refractivity contribution >= 4 is 17.8 Å². The molecule has 1 aromatic carbocycles. The third-order valence-electron chi connectivity index (χ3n) is 5.28. The van der Waals surface area contributed by atoms with E-state index in [1.54, 1.807) is 6.33 Å². The first kappa shape index (κ1) is 23.7. The van der Waals surface area contributed by atoms with Gasteiger partial charge >= 0.3 is 0 Å². The maximum absolute atomic E-state index is 8.00. The number of carbonyl (C=O) groups excluding carboxylic acids is 1.